The van der Waals surface area contributed by atoms with Crippen LogP contribution in [0.3, 0.4) is 0 Å². The molecule has 1 unspecified atom stereocenters. The third-order valence-corrected chi connectivity index (χ3v) is 4.58. The zero-order chi connectivity index (χ0) is 15.8. The molecule has 1 aliphatic heterocycles. The average molecular weight is 307 g/mol. The summed E-state index contributed by atoms with van der Waals surface area (Å²) < 4.78 is 36.7. The van der Waals surface area contributed by atoms with Crippen LogP contribution in [0.4, 0.5) is 13.2 Å². The molecule has 1 saturated carbocycles. The number of likely N-dealkylation sites (tertiary alicyclic amines) is 1. The molecule has 7 heteroatoms. The monoisotopic (exact) mass is 307 g/mol. The fourth-order valence-corrected chi connectivity index (χ4v) is 3.29. The van der Waals surface area contributed by atoms with Crippen molar-refractivity contribution in [1.29, 1.82) is 0 Å². The highest BCUT2D eigenvalue weighted by Crippen LogP contribution is 2.46. The molecule has 1 aliphatic carbocycles. The summed E-state index contributed by atoms with van der Waals surface area (Å²) >= 11 is 0. The predicted molar refractivity (Wildman–Crippen MR) is 68.1 cm³/mol. The van der Waals surface area contributed by atoms with E-state index in [1.54, 1.807) is 0 Å². The van der Waals surface area contributed by atoms with Crippen molar-refractivity contribution < 1.29 is 27.9 Å². The smallest absolute Gasteiger partial charge is 0.391 e. The molecule has 2 aliphatic rings. The van der Waals surface area contributed by atoms with Crippen molar-refractivity contribution in [3.8, 4) is 0 Å². The molecule has 2 fully saturated rings. The number of carbonyl (C=O) groups excluding carboxylic acids is 2. The molecule has 1 atom stereocenters. The fraction of sp³-hybridized carbons (Fsp3) is 0.857. The van der Waals surface area contributed by atoms with Crippen LogP contribution in [0.5, 0.6) is 0 Å². The Bertz CT molecular complexity index is 428. The molecule has 0 bridgehead atoms. The van der Waals surface area contributed by atoms with Gasteiger partial charge in [0.1, 0.15) is 0 Å². The Morgan fingerprint density at radius 3 is 2.43 bits per heavy atom. The van der Waals surface area contributed by atoms with E-state index in [2.05, 4.69) is 6.92 Å². The summed E-state index contributed by atoms with van der Waals surface area (Å²) in [5.74, 6) is -0.361. The Morgan fingerprint density at radius 1 is 1.33 bits per heavy atom. The van der Waals surface area contributed by atoms with Crippen molar-refractivity contribution in [2.45, 2.75) is 57.7 Å². The van der Waals surface area contributed by atoms with Gasteiger partial charge in [-0.2, -0.15) is 13.2 Å². The Labute approximate surface area is 121 Å². The third kappa shape index (κ3) is 3.56. The Balaban J connectivity index is 2.02. The van der Waals surface area contributed by atoms with Crippen LogP contribution in [0.2, 0.25) is 0 Å². The van der Waals surface area contributed by atoms with Crippen LogP contribution >= 0.6 is 0 Å². The molecule has 1 spiro atoms. The number of aliphatic hydroxyl groups is 1. The third-order valence-electron chi connectivity index (χ3n) is 4.58. The van der Waals surface area contributed by atoms with Crippen molar-refractivity contribution in [2.75, 3.05) is 6.54 Å². The molecule has 0 aromatic carbocycles. The van der Waals surface area contributed by atoms with E-state index in [0.29, 0.717) is 18.8 Å². The number of rotatable bonds is 3. The number of carbonyl (C=O) groups is 2. The Hall–Kier alpha value is -1.11. The van der Waals surface area contributed by atoms with E-state index in [1.165, 1.54) is 0 Å². The van der Waals surface area contributed by atoms with E-state index in [9.17, 15) is 27.9 Å². The number of nitrogens with zero attached hydrogens (tertiary/aromatic N) is 1. The molecule has 2 amide bonds. The molecule has 0 aromatic rings. The van der Waals surface area contributed by atoms with Crippen LogP contribution in [-0.2, 0) is 9.59 Å². The topological polar surface area (TPSA) is 57.6 Å². The number of hydrogen-bond acceptors (Lipinski definition) is 3. The normalized spacial score (nSPS) is 32.0. The average Bonchev–Trinajstić information content (AvgIpc) is 2.56. The summed E-state index contributed by atoms with van der Waals surface area (Å²) in [6.45, 7) is 1.52. The van der Waals surface area contributed by atoms with Gasteiger partial charge in [0.15, 0.2) is 0 Å². The van der Waals surface area contributed by atoms with Crippen molar-refractivity contribution in [2.24, 2.45) is 11.3 Å². The number of alkyl halides is 3. The summed E-state index contributed by atoms with van der Waals surface area (Å²) in [4.78, 5) is 25.2. The summed E-state index contributed by atoms with van der Waals surface area (Å²) in [6.07, 6.45) is -4.71. The van der Waals surface area contributed by atoms with Gasteiger partial charge in [-0.3, -0.25) is 14.5 Å². The van der Waals surface area contributed by atoms with Crippen LogP contribution in [0.15, 0.2) is 0 Å². The highest BCUT2D eigenvalue weighted by molar-refractivity contribution is 6.06. The first-order chi connectivity index (χ1) is 9.63. The van der Waals surface area contributed by atoms with E-state index in [0.717, 1.165) is 17.7 Å². The Kier molecular flexibility index (Phi) is 4.33. The number of imide groups is 1. The van der Waals surface area contributed by atoms with E-state index in [1.807, 2.05) is 0 Å². The van der Waals surface area contributed by atoms with Gasteiger partial charge in [-0.05, 0) is 31.6 Å². The molecule has 0 radical (unpaired) electrons. The fourth-order valence-electron chi connectivity index (χ4n) is 3.29. The van der Waals surface area contributed by atoms with E-state index in [-0.39, 0.29) is 6.42 Å². The second-order valence-electron chi connectivity index (χ2n) is 6.42. The van der Waals surface area contributed by atoms with Crippen molar-refractivity contribution in [3.05, 3.63) is 0 Å². The maximum atomic E-state index is 12.4. The molecule has 120 valence electrons. The number of halogens is 3. The van der Waals surface area contributed by atoms with Gasteiger partial charge in [-0.1, -0.05) is 6.92 Å². The summed E-state index contributed by atoms with van der Waals surface area (Å²) in [7, 11) is 0. The van der Waals surface area contributed by atoms with Gasteiger partial charge in [0.2, 0.25) is 11.8 Å². The lowest BCUT2D eigenvalue weighted by Crippen LogP contribution is -2.42. The van der Waals surface area contributed by atoms with Crippen LogP contribution in [0.25, 0.3) is 0 Å². The second-order valence-corrected chi connectivity index (χ2v) is 6.42. The lowest BCUT2D eigenvalue weighted by molar-refractivity contribution is -0.161. The first-order valence-corrected chi connectivity index (χ1v) is 7.22. The molecule has 1 N–H and O–H groups in total. The number of hydrogen-bond donors (Lipinski definition) is 1. The molecule has 21 heavy (non-hydrogen) atoms. The zero-order valence-electron chi connectivity index (χ0n) is 11.9. The molecular weight excluding hydrogens is 287 g/mol. The van der Waals surface area contributed by atoms with Gasteiger partial charge in [-0.15, -0.1) is 0 Å². The van der Waals surface area contributed by atoms with Gasteiger partial charge >= 0.3 is 6.18 Å². The quantitative estimate of drug-likeness (QED) is 0.814. The number of amides is 2. The Morgan fingerprint density at radius 2 is 1.90 bits per heavy atom. The standard InChI is InChI=1S/C14H20F3NO3/c1-9-2-4-13(5-3-9)7-11(20)18(12(13)21)8-10(19)6-14(15,16)17/h9-10,19H,2-8H2,1H3. The maximum absolute atomic E-state index is 12.4. The molecule has 0 aromatic heterocycles. The summed E-state index contributed by atoms with van der Waals surface area (Å²) in [5, 5.41) is 9.44. The van der Waals surface area contributed by atoms with Gasteiger partial charge in [0.25, 0.3) is 0 Å². The summed E-state index contributed by atoms with van der Waals surface area (Å²) in [6, 6.07) is 0. The minimum absolute atomic E-state index is 0.0668. The van der Waals surface area contributed by atoms with Crippen LogP contribution in [0.1, 0.15) is 45.4 Å². The molecule has 4 nitrogen and oxygen atoms in total. The van der Waals surface area contributed by atoms with Gasteiger partial charge in [-0.25, -0.2) is 0 Å². The highest BCUT2D eigenvalue weighted by Gasteiger charge is 2.52. The lowest BCUT2D eigenvalue weighted by Gasteiger charge is -2.33. The largest absolute Gasteiger partial charge is 0.391 e. The van der Waals surface area contributed by atoms with Gasteiger partial charge in [0.05, 0.1) is 24.5 Å². The zero-order valence-corrected chi connectivity index (χ0v) is 11.9. The molecular formula is C14H20F3NO3. The van der Waals surface area contributed by atoms with E-state index < -0.39 is 42.5 Å². The van der Waals surface area contributed by atoms with Gasteiger partial charge in [0, 0.05) is 6.42 Å². The highest BCUT2D eigenvalue weighted by atomic mass is 19.4. The van der Waals surface area contributed by atoms with Crippen molar-refractivity contribution in [1.82, 2.24) is 4.90 Å². The van der Waals surface area contributed by atoms with Crippen molar-refractivity contribution in [3.63, 3.8) is 0 Å². The molecule has 2 rings (SSSR count). The first kappa shape index (κ1) is 16.3. The van der Waals surface area contributed by atoms with Gasteiger partial charge < -0.3 is 5.11 Å². The SMILES string of the molecule is CC1CCC2(CC1)CC(=O)N(CC(O)CC(F)(F)F)C2=O. The number of aliphatic hydroxyl groups excluding tert-OH is 1. The minimum Gasteiger partial charge on any atom is -0.391 e. The predicted octanol–water partition coefficient (Wildman–Crippen LogP) is 2.26. The molecule has 1 heterocycles. The van der Waals surface area contributed by atoms with E-state index in [4.69, 9.17) is 0 Å². The maximum Gasteiger partial charge on any atom is 0.391 e. The first-order valence-electron chi connectivity index (χ1n) is 7.22. The van der Waals surface area contributed by atoms with Crippen LogP contribution in [0, 0.1) is 11.3 Å². The van der Waals surface area contributed by atoms with Crippen LogP contribution in [-0.4, -0.2) is 40.6 Å². The summed E-state index contributed by atoms with van der Waals surface area (Å²) in [5.41, 5.74) is -0.735. The van der Waals surface area contributed by atoms with Crippen LogP contribution < -0.4 is 0 Å². The van der Waals surface area contributed by atoms with E-state index >= 15 is 0 Å². The second kappa shape index (κ2) is 5.59. The number of β-amino-alcohol motifs (C(OH)–C–C–N with tert-alkyl or cyclic N) is 1. The van der Waals surface area contributed by atoms with Crippen molar-refractivity contribution >= 4 is 11.8 Å². The lowest BCUT2D eigenvalue weighted by atomic mass is 9.70. The minimum atomic E-state index is -4.51. The molecule has 1 saturated heterocycles.